The third-order valence-corrected chi connectivity index (χ3v) is 6.89. The van der Waals surface area contributed by atoms with Crippen molar-refractivity contribution in [2.45, 2.75) is 51.2 Å². The van der Waals surface area contributed by atoms with Gasteiger partial charge in [-0.15, -0.1) is 0 Å². The summed E-state index contributed by atoms with van der Waals surface area (Å²) in [6.45, 7) is 2.29. The summed E-state index contributed by atoms with van der Waals surface area (Å²) in [5.74, 6) is -4.15. The van der Waals surface area contributed by atoms with Crippen LogP contribution in [0.5, 0.6) is 0 Å². The molecule has 1 saturated carbocycles. The van der Waals surface area contributed by atoms with Crippen molar-refractivity contribution in [3.8, 4) is 11.3 Å². The second kappa shape index (κ2) is 11.0. The Hall–Kier alpha value is -3.34. The Balaban J connectivity index is 1.70. The Morgan fingerprint density at radius 1 is 1.08 bits per heavy atom. The standard InChI is InChI=1S/C26H28F3NO7/c1-2-36-25(34)20-13-21(15-3-5-17(6-4-15)24(32)33)37-23(20)30(19-11-12-35-14-19)22(31)16-7-9-18(10-8-16)26(27,28)29/h3-6,13,16,18-19H,2,7-12,14H2,1H3,(H,32,33). The van der Waals surface area contributed by atoms with Gasteiger partial charge >= 0.3 is 18.1 Å². The van der Waals surface area contributed by atoms with E-state index in [0.29, 0.717) is 18.6 Å². The number of furan rings is 1. The van der Waals surface area contributed by atoms with Crippen LogP contribution in [0.25, 0.3) is 11.3 Å². The highest BCUT2D eigenvalue weighted by Gasteiger charge is 2.45. The minimum Gasteiger partial charge on any atom is -0.478 e. The number of carbonyl (C=O) groups is 3. The molecule has 1 N–H and O–H groups in total. The molecular formula is C26H28F3NO7. The number of halogens is 3. The van der Waals surface area contributed by atoms with Gasteiger partial charge in [0.15, 0.2) is 0 Å². The molecule has 1 aromatic carbocycles. The van der Waals surface area contributed by atoms with Crippen LogP contribution >= 0.6 is 0 Å². The van der Waals surface area contributed by atoms with Crippen LogP contribution in [0.4, 0.5) is 19.1 Å². The number of benzene rings is 1. The van der Waals surface area contributed by atoms with Crippen molar-refractivity contribution in [2.75, 3.05) is 24.7 Å². The molecule has 0 spiro atoms. The zero-order chi connectivity index (χ0) is 26.7. The van der Waals surface area contributed by atoms with Crippen LogP contribution in [0.2, 0.25) is 0 Å². The van der Waals surface area contributed by atoms with Gasteiger partial charge in [-0.2, -0.15) is 13.2 Å². The predicted molar refractivity (Wildman–Crippen MR) is 125 cm³/mol. The molecular weight excluding hydrogens is 495 g/mol. The van der Waals surface area contributed by atoms with Gasteiger partial charge in [-0.3, -0.25) is 9.69 Å². The normalized spacial score (nSPS) is 22.0. The molecule has 1 atom stereocenters. The first-order valence-corrected chi connectivity index (χ1v) is 12.2. The average molecular weight is 524 g/mol. The molecule has 1 amide bonds. The Labute approximate surface area is 211 Å². The molecule has 0 radical (unpaired) electrons. The third-order valence-electron chi connectivity index (χ3n) is 6.89. The summed E-state index contributed by atoms with van der Waals surface area (Å²) in [6, 6.07) is 6.77. The minimum atomic E-state index is -4.30. The van der Waals surface area contributed by atoms with Gasteiger partial charge in [-0.05, 0) is 51.2 Å². The molecule has 1 aliphatic heterocycles. The molecule has 2 fully saturated rings. The van der Waals surface area contributed by atoms with E-state index in [-0.39, 0.29) is 61.7 Å². The highest BCUT2D eigenvalue weighted by Crippen LogP contribution is 2.42. The third kappa shape index (κ3) is 5.82. The van der Waals surface area contributed by atoms with Crippen LogP contribution < -0.4 is 4.90 Å². The van der Waals surface area contributed by atoms with Gasteiger partial charge in [0.25, 0.3) is 0 Å². The first-order valence-electron chi connectivity index (χ1n) is 12.2. The van der Waals surface area contributed by atoms with Gasteiger partial charge in [-0.25, -0.2) is 9.59 Å². The van der Waals surface area contributed by atoms with Crippen molar-refractivity contribution in [3.63, 3.8) is 0 Å². The summed E-state index contributed by atoms with van der Waals surface area (Å²) in [4.78, 5) is 39.2. The van der Waals surface area contributed by atoms with E-state index in [1.807, 2.05) is 0 Å². The average Bonchev–Trinajstić information content (AvgIpc) is 3.55. The number of carboxylic acids is 1. The van der Waals surface area contributed by atoms with Crippen molar-refractivity contribution < 1.29 is 46.6 Å². The summed E-state index contributed by atoms with van der Waals surface area (Å²) in [6.07, 6.45) is -3.96. The maximum absolute atomic E-state index is 13.8. The lowest BCUT2D eigenvalue weighted by atomic mass is 9.81. The van der Waals surface area contributed by atoms with Crippen molar-refractivity contribution in [2.24, 2.45) is 11.8 Å². The molecule has 1 aromatic heterocycles. The minimum absolute atomic E-state index is 0.00314. The fourth-order valence-electron chi connectivity index (χ4n) is 4.87. The van der Waals surface area contributed by atoms with Gasteiger partial charge in [0, 0.05) is 24.2 Å². The van der Waals surface area contributed by atoms with Crippen molar-refractivity contribution >= 4 is 23.7 Å². The summed E-state index contributed by atoms with van der Waals surface area (Å²) in [5.41, 5.74) is 0.543. The highest BCUT2D eigenvalue weighted by molar-refractivity contribution is 6.03. The summed E-state index contributed by atoms with van der Waals surface area (Å²) < 4.78 is 56.2. The van der Waals surface area contributed by atoms with Gasteiger partial charge < -0.3 is 19.0 Å². The van der Waals surface area contributed by atoms with Gasteiger partial charge in [0.1, 0.15) is 11.3 Å². The molecule has 1 saturated heterocycles. The van der Waals surface area contributed by atoms with Gasteiger partial charge in [0.05, 0.1) is 30.7 Å². The van der Waals surface area contributed by atoms with E-state index in [2.05, 4.69) is 0 Å². The number of rotatable bonds is 7. The summed E-state index contributed by atoms with van der Waals surface area (Å²) in [7, 11) is 0. The van der Waals surface area contributed by atoms with E-state index < -0.39 is 41.9 Å². The van der Waals surface area contributed by atoms with Crippen molar-refractivity contribution in [1.82, 2.24) is 0 Å². The van der Waals surface area contributed by atoms with Crippen LogP contribution in [0.3, 0.4) is 0 Å². The number of aromatic carboxylic acids is 1. The van der Waals surface area contributed by atoms with Crippen LogP contribution in [-0.4, -0.2) is 55.0 Å². The number of hydrogen-bond acceptors (Lipinski definition) is 6. The van der Waals surface area contributed by atoms with Crippen molar-refractivity contribution in [1.29, 1.82) is 0 Å². The molecule has 8 nitrogen and oxygen atoms in total. The highest BCUT2D eigenvalue weighted by atomic mass is 19.4. The lowest BCUT2D eigenvalue weighted by Gasteiger charge is -2.34. The number of carboxylic acid groups (broad SMARTS) is 1. The van der Waals surface area contributed by atoms with Crippen LogP contribution in [-0.2, 0) is 14.3 Å². The molecule has 0 bridgehead atoms. The number of anilines is 1. The zero-order valence-electron chi connectivity index (χ0n) is 20.3. The number of ether oxygens (including phenoxy) is 2. The number of carbonyl (C=O) groups excluding carboxylic acids is 2. The SMILES string of the molecule is CCOC(=O)c1cc(-c2ccc(C(=O)O)cc2)oc1N(C(=O)C1CCC(C(F)(F)F)CC1)C1CCOC1. The van der Waals surface area contributed by atoms with E-state index >= 15 is 0 Å². The molecule has 2 aliphatic rings. The van der Waals surface area contributed by atoms with E-state index in [9.17, 15) is 27.6 Å². The number of nitrogens with zero attached hydrogens (tertiary/aromatic N) is 1. The quantitative estimate of drug-likeness (QED) is 0.490. The van der Waals surface area contributed by atoms with Gasteiger partial charge in [-0.1, -0.05) is 12.1 Å². The molecule has 4 rings (SSSR count). The Morgan fingerprint density at radius 3 is 2.30 bits per heavy atom. The Kier molecular flexibility index (Phi) is 7.91. The monoisotopic (exact) mass is 523 g/mol. The number of amides is 1. The Bertz CT molecular complexity index is 1130. The van der Waals surface area contributed by atoms with Gasteiger partial charge in [0.2, 0.25) is 11.8 Å². The number of alkyl halides is 3. The van der Waals surface area contributed by atoms with E-state index in [1.54, 1.807) is 6.92 Å². The maximum Gasteiger partial charge on any atom is 0.391 e. The lowest BCUT2D eigenvalue weighted by Crippen LogP contribution is -2.46. The molecule has 1 aliphatic carbocycles. The van der Waals surface area contributed by atoms with Crippen LogP contribution in [0.1, 0.15) is 59.7 Å². The number of esters is 1. The molecule has 2 heterocycles. The topological polar surface area (TPSA) is 106 Å². The van der Waals surface area contributed by atoms with Crippen molar-refractivity contribution in [3.05, 3.63) is 41.5 Å². The molecule has 1 unspecified atom stereocenters. The second-order valence-electron chi connectivity index (χ2n) is 9.25. The molecule has 37 heavy (non-hydrogen) atoms. The molecule has 11 heteroatoms. The van der Waals surface area contributed by atoms with E-state index in [1.165, 1.54) is 35.2 Å². The first kappa shape index (κ1) is 26.7. The first-order chi connectivity index (χ1) is 17.6. The molecule has 200 valence electrons. The van der Waals surface area contributed by atoms with Crippen LogP contribution in [0, 0.1) is 11.8 Å². The largest absolute Gasteiger partial charge is 0.478 e. The predicted octanol–water partition coefficient (Wildman–Crippen LogP) is 5.31. The lowest BCUT2D eigenvalue weighted by molar-refractivity contribution is -0.184. The number of hydrogen-bond donors (Lipinski definition) is 1. The summed E-state index contributed by atoms with van der Waals surface area (Å²) >= 11 is 0. The molecule has 2 aromatic rings. The van der Waals surface area contributed by atoms with E-state index in [4.69, 9.17) is 19.0 Å². The smallest absolute Gasteiger partial charge is 0.391 e. The summed E-state index contributed by atoms with van der Waals surface area (Å²) in [5, 5.41) is 9.16. The maximum atomic E-state index is 13.8. The second-order valence-corrected chi connectivity index (χ2v) is 9.25. The fourth-order valence-corrected chi connectivity index (χ4v) is 4.87. The van der Waals surface area contributed by atoms with Crippen LogP contribution in [0.15, 0.2) is 34.7 Å². The van der Waals surface area contributed by atoms with E-state index in [0.717, 1.165) is 0 Å². The zero-order valence-corrected chi connectivity index (χ0v) is 20.3. The Morgan fingerprint density at radius 2 is 1.76 bits per heavy atom. The fraction of sp³-hybridized carbons (Fsp3) is 0.500.